The van der Waals surface area contributed by atoms with Crippen molar-refractivity contribution in [2.75, 3.05) is 26.3 Å². The van der Waals surface area contributed by atoms with Gasteiger partial charge in [-0.05, 0) is 51.2 Å². The summed E-state index contributed by atoms with van der Waals surface area (Å²) in [6.07, 6.45) is 7.51. The molecule has 1 aromatic carbocycles. The number of rotatable bonds is 8. The largest absolute Gasteiger partial charge is 0.491 e. The number of hydrogen-bond acceptors (Lipinski definition) is 4. The minimum Gasteiger partial charge on any atom is -0.491 e. The van der Waals surface area contributed by atoms with Crippen LogP contribution in [-0.4, -0.2) is 49.1 Å². The van der Waals surface area contributed by atoms with Crippen LogP contribution >= 0.6 is 0 Å². The molecule has 2 fully saturated rings. The zero-order chi connectivity index (χ0) is 20.5. The molecular formula is C23H37N3O3. The van der Waals surface area contributed by atoms with Crippen LogP contribution in [0.1, 0.15) is 63.0 Å². The Balaban J connectivity index is 1.61. The molecule has 1 saturated carbocycles. The number of hydrogen-bond donors (Lipinski definition) is 3. The lowest BCUT2D eigenvalue weighted by Crippen LogP contribution is -2.48. The van der Waals surface area contributed by atoms with E-state index >= 15 is 0 Å². The van der Waals surface area contributed by atoms with Crippen LogP contribution < -0.4 is 15.4 Å². The van der Waals surface area contributed by atoms with E-state index < -0.39 is 5.60 Å². The summed E-state index contributed by atoms with van der Waals surface area (Å²) in [4.78, 5) is 4.74. The molecule has 3 rings (SSSR count). The highest BCUT2D eigenvalue weighted by atomic mass is 16.5. The van der Waals surface area contributed by atoms with Crippen LogP contribution in [0.25, 0.3) is 0 Å². The summed E-state index contributed by atoms with van der Waals surface area (Å²) in [6, 6.07) is 6.25. The van der Waals surface area contributed by atoms with E-state index in [9.17, 15) is 5.11 Å². The molecule has 1 saturated heterocycles. The molecule has 1 aliphatic heterocycles. The van der Waals surface area contributed by atoms with Gasteiger partial charge in [0.05, 0.1) is 18.2 Å². The van der Waals surface area contributed by atoms with E-state index in [1.807, 2.05) is 0 Å². The Labute approximate surface area is 175 Å². The molecule has 2 aliphatic rings. The zero-order valence-corrected chi connectivity index (χ0v) is 18.0. The number of benzene rings is 1. The maximum atomic E-state index is 10.7. The van der Waals surface area contributed by atoms with Crippen molar-refractivity contribution < 1.29 is 14.6 Å². The molecular weight excluding hydrogens is 366 g/mol. The fraction of sp³-hybridized carbons (Fsp3) is 0.696. The van der Waals surface area contributed by atoms with Crippen molar-refractivity contribution in [2.24, 2.45) is 4.99 Å². The van der Waals surface area contributed by atoms with Gasteiger partial charge in [-0.3, -0.25) is 0 Å². The molecule has 6 nitrogen and oxygen atoms in total. The second kappa shape index (κ2) is 10.8. The number of aliphatic hydroxyl groups is 1. The molecule has 1 unspecified atom stereocenters. The Morgan fingerprint density at radius 2 is 2.07 bits per heavy atom. The molecule has 0 spiro atoms. The summed E-state index contributed by atoms with van der Waals surface area (Å²) < 4.78 is 11.8. The van der Waals surface area contributed by atoms with Crippen molar-refractivity contribution in [2.45, 2.75) is 77.0 Å². The monoisotopic (exact) mass is 403 g/mol. The molecule has 0 radical (unpaired) electrons. The number of guanidine groups is 1. The van der Waals surface area contributed by atoms with Gasteiger partial charge >= 0.3 is 0 Å². The maximum Gasteiger partial charge on any atom is 0.191 e. The fourth-order valence-electron chi connectivity index (χ4n) is 4.03. The number of nitrogens with zero attached hydrogens (tertiary/aromatic N) is 1. The standard InChI is InChI=1S/C23H37N3O3/c1-3-24-22(26-17-23(27)11-5-4-6-12-23)25-15-19-10-9-18(2)14-21(19)29-16-20-8-7-13-28-20/h9-10,14,20,27H,3-8,11-13,15-17H2,1-2H3,(H2,24,25,26). The summed E-state index contributed by atoms with van der Waals surface area (Å²) in [6.45, 7) is 7.39. The van der Waals surface area contributed by atoms with Crippen molar-refractivity contribution in [3.8, 4) is 5.75 Å². The first kappa shape index (κ1) is 21.9. The number of nitrogens with one attached hydrogen (secondary N) is 2. The average Bonchev–Trinajstić information content (AvgIpc) is 3.24. The van der Waals surface area contributed by atoms with E-state index in [0.717, 1.165) is 68.9 Å². The lowest BCUT2D eigenvalue weighted by Gasteiger charge is -2.32. The first-order chi connectivity index (χ1) is 14.1. The van der Waals surface area contributed by atoms with Gasteiger partial charge < -0.3 is 25.2 Å². The van der Waals surface area contributed by atoms with Gasteiger partial charge in [-0.2, -0.15) is 0 Å². The molecule has 0 bridgehead atoms. The number of ether oxygens (including phenoxy) is 2. The lowest BCUT2D eigenvalue weighted by molar-refractivity contribution is 0.00859. The summed E-state index contributed by atoms with van der Waals surface area (Å²) in [5.74, 6) is 1.61. The minimum absolute atomic E-state index is 0.196. The van der Waals surface area contributed by atoms with Crippen molar-refractivity contribution >= 4 is 5.96 Å². The van der Waals surface area contributed by atoms with Gasteiger partial charge in [0.25, 0.3) is 0 Å². The predicted octanol–water partition coefficient (Wildman–Crippen LogP) is 3.30. The van der Waals surface area contributed by atoms with Crippen molar-refractivity contribution in [3.63, 3.8) is 0 Å². The third-order valence-electron chi connectivity index (χ3n) is 5.79. The first-order valence-corrected chi connectivity index (χ1v) is 11.2. The van der Waals surface area contributed by atoms with Gasteiger partial charge in [-0.15, -0.1) is 0 Å². The number of aliphatic imine (C=N–C) groups is 1. The van der Waals surface area contributed by atoms with Crippen LogP contribution in [0.2, 0.25) is 0 Å². The molecule has 1 atom stereocenters. The summed E-state index contributed by atoms with van der Waals surface area (Å²) in [7, 11) is 0. The number of aryl methyl sites for hydroxylation is 1. The van der Waals surface area contributed by atoms with Gasteiger partial charge in [0.1, 0.15) is 12.4 Å². The fourth-order valence-corrected chi connectivity index (χ4v) is 4.03. The average molecular weight is 404 g/mol. The van der Waals surface area contributed by atoms with E-state index in [1.165, 1.54) is 12.0 Å². The minimum atomic E-state index is -0.617. The third-order valence-corrected chi connectivity index (χ3v) is 5.79. The van der Waals surface area contributed by atoms with E-state index in [1.54, 1.807) is 0 Å². The van der Waals surface area contributed by atoms with Gasteiger partial charge in [0, 0.05) is 25.3 Å². The Morgan fingerprint density at radius 3 is 2.79 bits per heavy atom. The lowest BCUT2D eigenvalue weighted by atomic mass is 9.85. The first-order valence-electron chi connectivity index (χ1n) is 11.2. The van der Waals surface area contributed by atoms with Crippen LogP contribution in [0.15, 0.2) is 23.2 Å². The second-order valence-corrected chi connectivity index (χ2v) is 8.39. The van der Waals surface area contributed by atoms with Crippen LogP contribution in [0.5, 0.6) is 5.75 Å². The second-order valence-electron chi connectivity index (χ2n) is 8.39. The van der Waals surface area contributed by atoms with Crippen molar-refractivity contribution in [1.82, 2.24) is 10.6 Å². The Bertz CT molecular complexity index is 665. The van der Waals surface area contributed by atoms with E-state index in [4.69, 9.17) is 14.5 Å². The van der Waals surface area contributed by atoms with E-state index in [-0.39, 0.29) is 6.10 Å². The predicted molar refractivity (Wildman–Crippen MR) is 117 cm³/mol. The topological polar surface area (TPSA) is 75.1 Å². The van der Waals surface area contributed by atoms with Crippen molar-refractivity contribution in [1.29, 1.82) is 0 Å². The highest BCUT2D eigenvalue weighted by Gasteiger charge is 2.29. The van der Waals surface area contributed by atoms with Gasteiger partial charge in [-0.1, -0.05) is 31.4 Å². The molecule has 0 amide bonds. The summed E-state index contributed by atoms with van der Waals surface area (Å²) in [5, 5.41) is 17.4. The molecule has 0 aromatic heterocycles. The van der Waals surface area contributed by atoms with Crippen LogP contribution in [-0.2, 0) is 11.3 Å². The maximum absolute atomic E-state index is 10.7. The van der Waals surface area contributed by atoms with E-state index in [2.05, 4.69) is 42.7 Å². The molecule has 3 N–H and O–H groups in total. The van der Waals surface area contributed by atoms with Crippen LogP contribution in [0.4, 0.5) is 0 Å². The summed E-state index contributed by atoms with van der Waals surface area (Å²) in [5.41, 5.74) is 1.61. The Kier molecular flexibility index (Phi) is 8.19. The molecule has 1 aromatic rings. The molecule has 1 heterocycles. The van der Waals surface area contributed by atoms with Crippen LogP contribution in [0.3, 0.4) is 0 Å². The highest BCUT2D eigenvalue weighted by molar-refractivity contribution is 5.79. The Morgan fingerprint density at radius 1 is 1.24 bits per heavy atom. The van der Waals surface area contributed by atoms with Crippen LogP contribution in [0, 0.1) is 6.92 Å². The summed E-state index contributed by atoms with van der Waals surface area (Å²) >= 11 is 0. The SMILES string of the molecule is CCNC(=NCc1ccc(C)cc1OCC1CCCO1)NCC1(O)CCCCC1. The Hall–Kier alpha value is -1.79. The molecule has 162 valence electrons. The molecule has 1 aliphatic carbocycles. The van der Waals surface area contributed by atoms with E-state index in [0.29, 0.717) is 19.7 Å². The highest BCUT2D eigenvalue weighted by Crippen LogP contribution is 2.27. The van der Waals surface area contributed by atoms with Gasteiger partial charge in [0.2, 0.25) is 0 Å². The third kappa shape index (κ3) is 6.89. The normalized spacial score (nSPS) is 21.8. The zero-order valence-electron chi connectivity index (χ0n) is 18.0. The molecule has 29 heavy (non-hydrogen) atoms. The van der Waals surface area contributed by atoms with Gasteiger partial charge in [-0.25, -0.2) is 4.99 Å². The smallest absolute Gasteiger partial charge is 0.191 e. The molecule has 6 heteroatoms. The van der Waals surface area contributed by atoms with Crippen molar-refractivity contribution in [3.05, 3.63) is 29.3 Å². The quantitative estimate of drug-likeness (QED) is 0.459. The van der Waals surface area contributed by atoms with Gasteiger partial charge in [0.15, 0.2) is 5.96 Å².